The van der Waals surface area contributed by atoms with Gasteiger partial charge in [-0.2, -0.15) is 0 Å². The van der Waals surface area contributed by atoms with Crippen molar-refractivity contribution in [3.05, 3.63) is 15.8 Å². The third-order valence-electron chi connectivity index (χ3n) is 3.35. The fourth-order valence-electron chi connectivity index (χ4n) is 2.18. The molecule has 1 unspecified atom stereocenters. The molecule has 2 heterocycles. The van der Waals surface area contributed by atoms with Crippen LogP contribution in [0.2, 0.25) is 0 Å². The molecular weight excluding hydrogens is 296 g/mol. The molecule has 1 saturated heterocycles. The summed E-state index contributed by atoms with van der Waals surface area (Å²) in [6.45, 7) is 7.32. The highest BCUT2D eigenvalue weighted by Gasteiger charge is 2.23. The van der Waals surface area contributed by atoms with Gasteiger partial charge < -0.3 is 10.1 Å². The molecule has 1 aromatic heterocycles. The molecule has 1 aromatic rings. The number of hydrogen-bond donors (Lipinski definition) is 2. The summed E-state index contributed by atoms with van der Waals surface area (Å²) in [5.74, 6) is 0.296. The van der Waals surface area contributed by atoms with Crippen LogP contribution in [0.25, 0.3) is 0 Å². The summed E-state index contributed by atoms with van der Waals surface area (Å²) in [7, 11) is -3.41. The normalized spacial score (nSPS) is 19.6. The van der Waals surface area contributed by atoms with Crippen molar-refractivity contribution in [1.29, 1.82) is 0 Å². The van der Waals surface area contributed by atoms with E-state index in [1.54, 1.807) is 6.07 Å². The van der Waals surface area contributed by atoms with Gasteiger partial charge in [0.1, 0.15) is 0 Å². The lowest BCUT2D eigenvalue weighted by Crippen LogP contribution is -2.29. The van der Waals surface area contributed by atoms with Gasteiger partial charge in [0.2, 0.25) is 10.0 Å². The van der Waals surface area contributed by atoms with Gasteiger partial charge in [-0.15, -0.1) is 11.3 Å². The van der Waals surface area contributed by atoms with Crippen molar-refractivity contribution in [2.45, 2.75) is 31.7 Å². The molecule has 0 amide bonds. The summed E-state index contributed by atoms with van der Waals surface area (Å²) in [6.07, 6.45) is 0.927. The van der Waals surface area contributed by atoms with Crippen LogP contribution in [-0.4, -0.2) is 34.7 Å². The average molecular weight is 318 g/mol. The highest BCUT2D eigenvalue weighted by molar-refractivity contribution is 7.89. The van der Waals surface area contributed by atoms with E-state index in [0.717, 1.165) is 29.3 Å². The highest BCUT2D eigenvalue weighted by atomic mass is 32.2. The first kappa shape index (κ1) is 15.9. The van der Waals surface area contributed by atoms with Crippen LogP contribution in [0.15, 0.2) is 11.0 Å². The van der Waals surface area contributed by atoms with Gasteiger partial charge in [-0.1, -0.05) is 6.92 Å². The predicted octanol–water partition coefficient (Wildman–Crippen LogP) is 1.48. The van der Waals surface area contributed by atoms with Gasteiger partial charge in [0.05, 0.1) is 11.5 Å². The van der Waals surface area contributed by atoms with Gasteiger partial charge in [-0.05, 0) is 31.9 Å². The van der Waals surface area contributed by atoms with Crippen LogP contribution in [0.5, 0.6) is 0 Å². The summed E-state index contributed by atoms with van der Waals surface area (Å²) in [6, 6.07) is 1.77. The van der Waals surface area contributed by atoms with Crippen LogP contribution in [-0.2, 0) is 21.3 Å². The molecule has 1 aliphatic heterocycles. The zero-order valence-electron chi connectivity index (χ0n) is 11.9. The minimum absolute atomic E-state index is 0.296. The highest BCUT2D eigenvalue weighted by Crippen LogP contribution is 2.25. The Bertz CT molecular complexity index is 534. The summed E-state index contributed by atoms with van der Waals surface area (Å²) in [4.78, 5) is 2.30. The average Bonchev–Trinajstić information content (AvgIpc) is 3.03. The zero-order valence-corrected chi connectivity index (χ0v) is 13.6. The van der Waals surface area contributed by atoms with Gasteiger partial charge >= 0.3 is 0 Å². The topological polar surface area (TPSA) is 67.4 Å². The predicted molar refractivity (Wildman–Crippen MR) is 80.6 cm³/mol. The molecule has 1 aliphatic rings. The molecule has 1 atom stereocenters. The smallest absolute Gasteiger partial charge is 0.241 e. The van der Waals surface area contributed by atoms with E-state index in [0.29, 0.717) is 30.5 Å². The summed E-state index contributed by atoms with van der Waals surface area (Å²) < 4.78 is 32.6. The van der Waals surface area contributed by atoms with Crippen molar-refractivity contribution in [2.24, 2.45) is 5.92 Å². The second-order valence-electron chi connectivity index (χ2n) is 4.99. The maximum absolute atomic E-state index is 12.3. The van der Waals surface area contributed by atoms with E-state index in [2.05, 4.69) is 10.0 Å². The fourth-order valence-corrected chi connectivity index (χ4v) is 4.89. The number of sulfonamides is 1. The monoisotopic (exact) mass is 318 g/mol. The third-order valence-corrected chi connectivity index (χ3v) is 6.08. The number of nitrogens with one attached hydrogen (secondary N) is 2. The molecule has 114 valence electrons. The van der Waals surface area contributed by atoms with E-state index < -0.39 is 10.0 Å². The minimum atomic E-state index is -3.41. The number of rotatable bonds is 7. The lowest BCUT2D eigenvalue weighted by Gasteiger charge is -2.09. The molecule has 0 radical (unpaired) electrons. The molecule has 7 heteroatoms. The molecule has 2 rings (SSSR count). The van der Waals surface area contributed by atoms with Crippen molar-refractivity contribution in [1.82, 2.24) is 10.0 Å². The standard InChI is InChI=1S/C13H22N2O3S2/c1-3-14-8-12-6-13(10(2)19-12)20(16,17)15-7-11-4-5-18-9-11/h6,11,14-15H,3-5,7-9H2,1-2H3. The Morgan fingerprint density at radius 1 is 1.50 bits per heavy atom. The molecule has 5 nitrogen and oxygen atoms in total. The maximum atomic E-state index is 12.3. The Morgan fingerprint density at radius 3 is 2.95 bits per heavy atom. The van der Waals surface area contributed by atoms with Crippen molar-refractivity contribution < 1.29 is 13.2 Å². The van der Waals surface area contributed by atoms with Gasteiger partial charge in [0, 0.05) is 29.5 Å². The lowest BCUT2D eigenvalue weighted by molar-refractivity contribution is 0.186. The Hall–Kier alpha value is -0.470. The molecule has 2 N–H and O–H groups in total. The summed E-state index contributed by atoms with van der Waals surface area (Å²) >= 11 is 1.53. The van der Waals surface area contributed by atoms with Crippen molar-refractivity contribution in [3.63, 3.8) is 0 Å². The van der Waals surface area contributed by atoms with E-state index in [-0.39, 0.29) is 0 Å². The number of aryl methyl sites for hydroxylation is 1. The Labute approximate surface area is 124 Å². The molecule has 1 fully saturated rings. The first-order chi connectivity index (χ1) is 9.53. The second-order valence-corrected chi connectivity index (χ2v) is 8.07. The van der Waals surface area contributed by atoms with Crippen LogP contribution >= 0.6 is 11.3 Å². The minimum Gasteiger partial charge on any atom is -0.381 e. The first-order valence-corrected chi connectivity index (χ1v) is 9.20. The van der Waals surface area contributed by atoms with Crippen molar-refractivity contribution in [3.8, 4) is 0 Å². The maximum Gasteiger partial charge on any atom is 0.241 e. The Kier molecular flexibility index (Phi) is 5.57. The van der Waals surface area contributed by atoms with Crippen LogP contribution in [0.1, 0.15) is 23.1 Å². The Morgan fingerprint density at radius 2 is 2.30 bits per heavy atom. The van der Waals surface area contributed by atoms with Crippen LogP contribution < -0.4 is 10.0 Å². The van der Waals surface area contributed by atoms with Gasteiger partial charge in [-0.25, -0.2) is 13.1 Å². The summed E-state index contributed by atoms with van der Waals surface area (Å²) in [5.41, 5.74) is 0. The van der Waals surface area contributed by atoms with Crippen LogP contribution in [0, 0.1) is 12.8 Å². The number of hydrogen-bond acceptors (Lipinski definition) is 5. The fraction of sp³-hybridized carbons (Fsp3) is 0.692. The molecule has 0 bridgehead atoms. The van der Waals surface area contributed by atoms with E-state index in [4.69, 9.17) is 4.74 Å². The second kappa shape index (κ2) is 7.00. The molecule has 20 heavy (non-hydrogen) atoms. The summed E-state index contributed by atoms with van der Waals surface area (Å²) in [5, 5.41) is 3.21. The molecule has 0 saturated carbocycles. The Balaban J connectivity index is 2.02. The van der Waals surface area contributed by atoms with Crippen molar-refractivity contribution >= 4 is 21.4 Å². The van der Waals surface area contributed by atoms with E-state index in [9.17, 15) is 8.42 Å². The van der Waals surface area contributed by atoms with Crippen LogP contribution in [0.3, 0.4) is 0 Å². The quantitative estimate of drug-likeness (QED) is 0.799. The zero-order chi connectivity index (χ0) is 14.6. The van der Waals surface area contributed by atoms with E-state index >= 15 is 0 Å². The van der Waals surface area contributed by atoms with Gasteiger partial charge in [0.15, 0.2) is 0 Å². The third kappa shape index (κ3) is 4.02. The SMILES string of the molecule is CCNCc1cc(S(=O)(=O)NCC2CCOC2)c(C)s1. The molecule has 0 aliphatic carbocycles. The molecule has 0 aromatic carbocycles. The largest absolute Gasteiger partial charge is 0.381 e. The first-order valence-electron chi connectivity index (χ1n) is 6.90. The van der Waals surface area contributed by atoms with Crippen LogP contribution in [0.4, 0.5) is 0 Å². The van der Waals surface area contributed by atoms with Gasteiger partial charge in [-0.3, -0.25) is 0 Å². The van der Waals surface area contributed by atoms with Crippen molar-refractivity contribution in [2.75, 3.05) is 26.3 Å². The van der Waals surface area contributed by atoms with E-state index in [1.165, 1.54) is 11.3 Å². The van der Waals surface area contributed by atoms with E-state index in [1.807, 2.05) is 13.8 Å². The lowest BCUT2D eigenvalue weighted by atomic mass is 10.1. The molecule has 0 spiro atoms. The van der Waals surface area contributed by atoms with Gasteiger partial charge in [0.25, 0.3) is 0 Å². The number of ether oxygens (including phenoxy) is 1. The number of thiophene rings is 1. The molecular formula is C13H22N2O3S2.